The maximum Gasteiger partial charge on any atom is 0.222 e. The minimum Gasteiger partial charge on any atom is -0.494 e. The summed E-state index contributed by atoms with van der Waals surface area (Å²) in [6.45, 7) is 0.254. The van der Waals surface area contributed by atoms with E-state index in [0.717, 1.165) is 5.56 Å². The minimum absolute atomic E-state index is 0.0561. The highest BCUT2D eigenvalue weighted by molar-refractivity contribution is 5.80. The van der Waals surface area contributed by atoms with E-state index in [1.807, 2.05) is 0 Å². The molecule has 4 rings (SSSR count). The molecule has 174 valence electrons. The number of rotatable bonds is 8. The molecule has 33 heavy (non-hydrogen) atoms. The number of hydrogen-bond acceptors (Lipinski definition) is 4. The molecule has 3 aromatic rings. The van der Waals surface area contributed by atoms with Gasteiger partial charge in [-0.15, -0.1) is 0 Å². The van der Waals surface area contributed by atoms with Crippen molar-refractivity contribution in [2.75, 3.05) is 14.2 Å². The first-order valence-corrected chi connectivity index (χ1v) is 10.8. The van der Waals surface area contributed by atoms with Crippen LogP contribution < -0.4 is 10.1 Å². The van der Waals surface area contributed by atoms with E-state index in [0.29, 0.717) is 42.5 Å². The largest absolute Gasteiger partial charge is 0.494 e. The quantitative estimate of drug-likeness (QED) is 0.543. The summed E-state index contributed by atoms with van der Waals surface area (Å²) in [5, 5.41) is 3.04. The van der Waals surface area contributed by atoms with Gasteiger partial charge in [-0.3, -0.25) is 9.59 Å². The first kappa shape index (κ1) is 22.7. The molecule has 0 spiro atoms. The van der Waals surface area contributed by atoms with Gasteiger partial charge in [0.15, 0.2) is 11.6 Å². The summed E-state index contributed by atoms with van der Waals surface area (Å²) in [5.41, 5.74) is 1.46. The predicted octanol–water partition coefficient (Wildman–Crippen LogP) is 3.48. The molecule has 0 radical (unpaired) electrons. The number of nitrogens with one attached hydrogen (secondary N) is 2. The molecule has 9 heteroatoms. The number of hydrogen-bond donors (Lipinski definition) is 2. The zero-order valence-electron chi connectivity index (χ0n) is 18.6. The van der Waals surface area contributed by atoms with E-state index >= 15 is 0 Å². The van der Waals surface area contributed by atoms with Gasteiger partial charge >= 0.3 is 0 Å². The zero-order chi connectivity index (χ0) is 23.6. The first-order chi connectivity index (χ1) is 15.8. The highest BCUT2D eigenvalue weighted by Gasteiger charge is 2.38. The van der Waals surface area contributed by atoms with Gasteiger partial charge in [-0.2, -0.15) is 0 Å². The van der Waals surface area contributed by atoms with Crippen LogP contribution in [0.1, 0.15) is 37.1 Å². The van der Waals surface area contributed by atoms with Crippen LogP contribution in [0.3, 0.4) is 0 Å². The molecule has 7 nitrogen and oxygen atoms in total. The van der Waals surface area contributed by atoms with Gasteiger partial charge in [0, 0.05) is 25.4 Å². The van der Waals surface area contributed by atoms with Crippen LogP contribution in [0.5, 0.6) is 5.75 Å². The van der Waals surface area contributed by atoms with Gasteiger partial charge in [0.05, 0.1) is 24.7 Å². The number of methoxy groups -OCH3 is 1. The molecule has 2 aromatic carbocycles. The average Bonchev–Trinajstić information content (AvgIpc) is 3.35. The predicted molar refractivity (Wildman–Crippen MR) is 119 cm³/mol. The smallest absolute Gasteiger partial charge is 0.222 e. The maximum atomic E-state index is 13.8. The highest BCUT2D eigenvalue weighted by Crippen LogP contribution is 2.31. The number of carbonyl (C=O) groups is 2. The highest BCUT2D eigenvalue weighted by atomic mass is 19.1. The molecule has 1 atom stereocenters. The van der Waals surface area contributed by atoms with Crippen LogP contribution in [-0.4, -0.2) is 46.4 Å². The molecule has 1 aliphatic rings. The van der Waals surface area contributed by atoms with Crippen LogP contribution >= 0.6 is 0 Å². The molecule has 1 saturated heterocycles. The molecule has 1 aliphatic heterocycles. The molecule has 1 aromatic heterocycles. The second-order valence-electron chi connectivity index (χ2n) is 8.57. The van der Waals surface area contributed by atoms with Crippen LogP contribution in [0, 0.1) is 11.6 Å². The van der Waals surface area contributed by atoms with Gasteiger partial charge in [0.25, 0.3) is 0 Å². The molecule has 0 saturated carbocycles. The fourth-order valence-electron chi connectivity index (χ4n) is 4.35. The summed E-state index contributed by atoms with van der Waals surface area (Å²) in [6, 6.07) is 8.93. The Morgan fingerprint density at radius 2 is 2.06 bits per heavy atom. The number of amides is 2. The third kappa shape index (κ3) is 5.13. The lowest BCUT2D eigenvalue weighted by molar-refractivity contribution is -0.131. The third-order valence-corrected chi connectivity index (χ3v) is 6.12. The molecule has 2 N–H and O–H groups in total. The minimum atomic E-state index is -0.576. The number of benzene rings is 2. The number of fused-ring (bicyclic) bond motifs is 1. The fraction of sp³-hybridized carbons (Fsp3) is 0.375. The van der Waals surface area contributed by atoms with Crippen LogP contribution in [0.4, 0.5) is 8.78 Å². The van der Waals surface area contributed by atoms with Gasteiger partial charge < -0.3 is 19.9 Å². The summed E-state index contributed by atoms with van der Waals surface area (Å²) in [6.07, 6.45) is 2.13. The first-order valence-electron chi connectivity index (χ1n) is 10.8. The SMILES string of the molecule is COc1cc(CC2(CCC(=O)N(C)Cc3nc4ccc(F)cc4[nH]3)CCC(=O)N2)ccc1F. The number of carbonyl (C=O) groups excluding carboxylic acids is 2. The maximum absolute atomic E-state index is 13.8. The van der Waals surface area contributed by atoms with Crippen molar-refractivity contribution in [1.82, 2.24) is 20.2 Å². The van der Waals surface area contributed by atoms with Crippen LogP contribution in [0.15, 0.2) is 36.4 Å². The van der Waals surface area contributed by atoms with E-state index in [9.17, 15) is 18.4 Å². The van der Waals surface area contributed by atoms with Crippen LogP contribution in [0.25, 0.3) is 11.0 Å². The molecule has 2 amide bonds. The summed E-state index contributed by atoms with van der Waals surface area (Å²) in [5.74, 6) is -0.249. The number of aromatic amines is 1. The molecule has 0 bridgehead atoms. The number of halogens is 2. The molecular formula is C24H26F2N4O3. The van der Waals surface area contributed by atoms with Gasteiger partial charge in [-0.05, 0) is 55.2 Å². The Kier molecular flexibility index (Phi) is 6.31. The Hall–Kier alpha value is -3.49. The van der Waals surface area contributed by atoms with Gasteiger partial charge in [-0.25, -0.2) is 13.8 Å². The van der Waals surface area contributed by atoms with Gasteiger partial charge in [0.2, 0.25) is 11.8 Å². The Bertz CT molecular complexity index is 1200. The van der Waals surface area contributed by atoms with Crippen molar-refractivity contribution in [2.45, 2.75) is 44.2 Å². The number of imidazole rings is 1. The summed E-state index contributed by atoms with van der Waals surface area (Å²) < 4.78 is 32.2. The van der Waals surface area contributed by atoms with Crippen molar-refractivity contribution in [2.24, 2.45) is 0 Å². The van der Waals surface area contributed by atoms with Crippen LogP contribution in [-0.2, 0) is 22.6 Å². The molecule has 1 unspecified atom stereocenters. The Morgan fingerprint density at radius 1 is 1.24 bits per heavy atom. The van der Waals surface area contributed by atoms with Gasteiger partial charge in [-0.1, -0.05) is 6.07 Å². The monoisotopic (exact) mass is 456 g/mol. The normalized spacial score (nSPS) is 17.9. The Labute approximate surface area is 190 Å². The topological polar surface area (TPSA) is 87.3 Å². The van der Waals surface area contributed by atoms with Crippen molar-refractivity contribution in [3.05, 3.63) is 59.4 Å². The average molecular weight is 456 g/mol. The third-order valence-electron chi connectivity index (χ3n) is 6.12. The lowest BCUT2D eigenvalue weighted by Gasteiger charge is -2.30. The number of aromatic nitrogens is 2. The summed E-state index contributed by atoms with van der Waals surface area (Å²) in [4.78, 5) is 33.9. The van der Waals surface area contributed by atoms with E-state index in [1.54, 1.807) is 30.1 Å². The molecule has 0 aliphatic carbocycles. The van der Waals surface area contributed by atoms with Crippen molar-refractivity contribution in [3.8, 4) is 5.75 Å². The second-order valence-corrected chi connectivity index (χ2v) is 8.57. The number of H-pyrrole nitrogens is 1. The summed E-state index contributed by atoms with van der Waals surface area (Å²) >= 11 is 0. The van der Waals surface area contributed by atoms with Crippen molar-refractivity contribution in [3.63, 3.8) is 0 Å². The number of nitrogens with zero attached hydrogens (tertiary/aromatic N) is 2. The lowest BCUT2D eigenvalue weighted by Crippen LogP contribution is -2.44. The van der Waals surface area contributed by atoms with Gasteiger partial charge in [0.1, 0.15) is 11.6 Å². The van der Waals surface area contributed by atoms with E-state index < -0.39 is 11.4 Å². The Morgan fingerprint density at radius 3 is 2.79 bits per heavy atom. The van der Waals surface area contributed by atoms with Crippen molar-refractivity contribution < 1.29 is 23.1 Å². The van der Waals surface area contributed by atoms with Crippen LogP contribution in [0.2, 0.25) is 0 Å². The number of ether oxygens (including phenoxy) is 1. The van der Waals surface area contributed by atoms with E-state index in [1.165, 1.54) is 25.3 Å². The molecule has 1 fully saturated rings. The zero-order valence-corrected chi connectivity index (χ0v) is 18.6. The fourth-order valence-corrected chi connectivity index (χ4v) is 4.35. The Balaban J connectivity index is 1.41. The molecular weight excluding hydrogens is 430 g/mol. The lowest BCUT2D eigenvalue weighted by atomic mass is 9.84. The van der Waals surface area contributed by atoms with Crippen molar-refractivity contribution in [1.29, 1.82) is 0 Å². The summed E-state index contributed by atoms with van der Waals surface area (Å²) in [7, 11) is 3.09. The second kappa shape index (κ2) is 9.17. The standard InChI is InChI=1S/C24H26F2N4O3/c1-30(14-21-27-18-6-4-16(25)12-19(18)28-21)23(32)8-10-24(9-7-22(31)29-24)13-15-3-5-17(26)20(11-15)33-2/h3-6,11-12H,7-10,13-14H2,1-2H3,(H,27,28)(H,29,31). The van der Waals surface area contributed by atoms with E-state index in [4.69, 9.17) is 4.74 Å². The molecule has 2 heterocycles. The van der Waals surface area contributed by atoms with Crippen molar-refractivity contribution >= 4 is 22.8 Å². The van der Waals surface area contributed by atoms with E-state index in [-0.39, 0.29) is 36.3 Å². The van der Waals surface area contributed by atoms with E-state index in [2.05, 4.69) is 15.3 Å².